The van der Waals surface area contributed by atoms with Gasteiger partial charge in [0.1, 0.15) is 5.75 Å². The molecule has 1 aromatic heterocycles. The second kappa shape index (κ2) is 7.24. The Kier molecular flexibility index (Phi) is 5.36. The first-order valence-electron chi connectivity index (χ1n) is 7.34. The standard InChI is InChI=1S/C16H23N3O2/c1-3-18(11-14-8-9-19(4-2)17-14)12-16(21)13-6-5-7-15(20)10-13/h5-10,16,20-21H,3-4,11-12H2,1-2H3/t16-/m1/s1. The van der Waals surface area contributed by atoms with Gasteiger partial charge in [0.25, 0.3) is 0 Å². The first kappa shape index (κ1) is 15.5. The second-order valence-corrected chi connectivity index (χ2v) is 5.10. The van der Waals surface area contributed by atoms with Crippen LogP contribution in [0, 0.1) is 0 Å². The van der Waals surface area contributed by atoms with Crippen molar-refractivity contribution < 1.29 is 10.2 Å². The number of aryl methyl sites for hydroxylation is 1. The molecule has 0 amide bonds. The lowest BCUT2D eigenvalue weighted by Crippen LogP contribution is -2.28. The van der Waals surface area contributed by atoms with Crippen molar-refractivity contribution in [2.45, 2.75) is 33.0 Å². The maximum absolute atomic E-state index is 10.3. The normalized spacial score (nSPS) is 12.8. The summed E-state index contributed by atoms with van der Waals surface area (Å²) in [5.41, 5.74) is 1.73. The minimum Gasteiger partial charge on any atom is -0.508 e. The number of nitrogens with zero attached hydrogens (tertiary/aromatic N) is 3. The van der Waals surface area contributed by atoms with E-state index >= 15 is 0 Å². The highest BCUT2D eigenvalue weighted by Gasteiger charge is 2.14. The van der Waals surface area contributed by atoms with Crippen LogP contribution in [0.2, 0.25) is 0 Å². The molecular formula is C16H23N3O2. The lowest BCUT2D eigenvalue weighted by atomic mass is 10.1. The molecule has 1 atom stereocenters. The summed E-state index contributed by atoms with van der Waals surface area (Å²) in [4.78, 5) is 2.14. The van der Waals surface area contributed by atoms with E-state index < -0.39 is 6.10 Å². The third-order valence-corrected chi connectivity index (χ3v) is 3.54. The van der Waals surface area contributed by atoms with Crippen molar-refractivity contribution in [1.82, 2.24) is 14.7 Å². The van der Waals surface area contributed by atoms with E-state index in [9.17, 15) is 10.2 Å². The largest absolute Gasteiger partial charge is 0.508 e. The molecule has 0 aliphatic rings. The van der Waals surface area contributed by atoms with Crippen LogP contribution >= 0.6 is 0 Å². The topological polar surface area (TPSA) is 61.5 Å². The molecule has 0 saturated heterocycles. The van der Waals surface area contributed by atoms with E-state index in [0.717, 1.165) is 24.3 Å². The van der Waals surface area contributed by atoms with Crippen molar-refractivity contribution in [3.63, 3.8) is 0 Å². The Labute approximate surface area is 125 Å². The maximum atomic E-state index is 10.3. The van der Waals surface area contributed by atoms with Crippen LogP contribution in [0.1, 0.15) is 31.2 Å². The second-order valence-electron chi connectivity index (χ2n) is 5.10. The van der Waals surface area contributed by atoms with Crippen LogP contribution < -0.4 is 0 Å². The molecule has 2 aromatic rings. The van der Waals surface area contributed by atoms with Gasteiger partial charge < -0.3 is 10.2 Å². The fourth-order valence-electron chi connectivity index (χ4n) is 2.28. The van der Waals surface area contributed by atoms with Gasteiger partial charge in [0.2, 0.25) is 0 Å². The quantitative estimate of drug-likeness (QED) is 0.820. The highest BCUT2D eigenvalue weighted by molar-refractivity contribution is 5.28. The average Bonchev–Trinajstić information content (AvgIpc) is 2.94. The molecule has 0 fully saturated rings. The van der Waals surface area contributed by atoms with E-state index in [1.807, 2.05) is 23.0 Å². The number of benzene rings is 1. The molecule has 0 radical (unpaired) electrons. The van der Waals surface area contributed by atoms with Crippen LogP contribution in [-0.2, 0) is 13.1 Å². The first-order valence-corrected chi connectivity index (χ1v) is 7.34. The molecule has 1 aromatic carbocycles. The van der Waals surface area contributed by atoms with Crippen molar-refractivity contribution in [3.8, 4) is 5.75 Å². The van der Waals surface area contributed by atoms with Crippen LogP contribution in [0.15, 0.2) is 36.5 Å². The molecule has 0 unspecified atom stereocenters. The third kappa shape index (κ3) is 4.31. The summed E-state index contributed by atoms with van der Waals surface area (Å²) in [5, 5.41) is 24.2. The molecule has 5 heteroatoms. The van der Waals surface area contributed by atoms with Crippen LogP contribution in [0.3, 0.4) is 0 Å². The Bertz CT molecular complexity index is 568. The number of hydrogen-bond donors (Lipinski definition) is 2. The highest BCUT2D eigenvalue weighted by Crippen LogP contribution is 2.19. The monoisotopic (exact) mass is 289 g/mol. The number of aromatic nitrogens is 2. The van der Waals surface area contributed by atoms with Gasteiger partial charge in [-0.05, 0) is 37.2 Å². The number of likely N-dealkylation sites (N-methyl/N-ethyl adjacent to an activating group) is 1. The number of phenolic OH excluding ortho intramolecular Hbond substituents is 1. The fourth-order valence-corrected chi connectivity index (χ4v) is 2.28. The Morgan fingerprint density at radius 3 is 2.71 bits per heavy atom. The number of aliphatic hydroxyl groups excluding tert-OH is 1. The van der Waals surface area contributed by atoms with Gasteiger partial charge in [0.05, 0.1) is 11.8 Å². The Morgan fingerprint density at radius 1 is 1.29 bits per heavy atom. The van der Waals surface area contributed by atoms with E-state index in [-0.39, 0.29) is 5.75 Å². The molecule has 0 saturated carbocycles. The SMILES string of the molecule is CCN(Cc1ccn(CC)n1)C[C@@H](O)c1cccc(O)c1. The first-order chi connectivity index (χ1) is 10.1. The predicted molar refractivity (Wildman–Crippen MR) is 81.9 cm³/mol. The van der Waals surface area contributed by atoms with Gasteiger partial charge in [-0.1, -0.05) is 19.1 Å². The van der Waals surface area contributed by atoms with Gasteiger partial charge in [-0.2, -0.15) is 5.10 Å². The van der Waals surface area contributed by atoms with E-state index in [0.29, 0.717) is 13.1 Å². The van der Waals surface area contributed by atoms with Gasteiger partial charge in [-0.25, -0.2) is 0 Å². The van der Waals surface area contributed by atoms with Crippen LogP contribution in [-0.4, -0.2) is 38.0 Å². The summed E-state index contributed by atoms with van der Waals surface area (Å²) in [6.45, 7) is 7.03. The lowest BCUT2D eigenvalue weighted by Gasteiger charge is -2.23. The molecule has 5 nitrogen and oxygen atoms in total. The minimum atomic E-state index is -0.620. The zero-order valence-electron chi connectivity index (χ0n) is 12.6. The molecule has 21 heavy (non-hydrogen) atoms. The maximum Gasteiger partial charge on any atom is 0.115 e. The number of aliphatic hydroxyl groups is 1. The predicted octanol–water partition coefficient (Wildman–Crippen LogP) is 2.16. The van der Waals surface area contributed by atoms with Crippen molar-refractivity contribution in [3.05, 3.63) is 47.8 Å². The summed E-state index contributed by atoms with van der Waals surface area (Å²) in [5.74, 6) is 0.177. The highest BCUT2D eigenvalue weighted by atomic mass is 16.3. The third-order valence-electron chi connectivity index (χ3n) is 3.54. The van der Waals surface area contributed by atoms with Gasteiger partial charge in [0.15, 0.2) is 0 Å². The molecular weight excluding hydrogens is 266 g/mol. The molecule has 0 spiro atoms. The van der Waals surface area contributed by atoms with E-state index in [1.54, 1.807) is 18.2 Å². The van der Waals surface area contributed by atoms with Gasteiger partial charge in [0, 0.05) is 25.8 Å². The van der Waals surface area contributed by atoms with Crippen molar-refractivity contribution in [2.75, 3.05) is 13.1 Å². The lowest BCUT2D eigenvalue weighted by molar-refractivity contribution is 0.111. The van der Waals surface area contributed by atoms with Crippen LogP contribution in [0.4, 0.5) is 0 Å². The van der Waals surface area contributed by atoms with Crippen molar-refractivity contribution in [1.29, 1.82) is 0 Å². The number of phenols is 1. The summed E-state index contributed by atoms with van der Waals surface area (Å²) in [6.07, 6.45) is 1.35. The summed E-state index contributed by atoms with van der Waals surface area (Å²) < 4.78 is 1.90. The van der Waals surface area contributed by atoms with Crippen molar-refractivity contribution >= 4 is 0 Å². The van der Waals surface area contributed by atoms with Gasteiger partial charge >= 0.3 is 0 Å². The Balaban J connectivity index is 1.98. The average molecular weight is 289 g/mol. The molecule has 114 valence electrons. The molecule has 0 aliphatic heterocycles. The molecule has 0 aliphatic carbocycles. The molecule has 0 bridgehead atoms. The summed E-state index contributed by atoms with van der Waals surface area (Å²) >= 11 is 0. The summed E-state index contributed by atoms with van der Waals surface area (Å²) in [7, 11) is 0. The van der Waals surface area contributed by atoms with Crippen LogP contribution in [0.5, 0.6) is 5.75 Å². The van der Waals surface area contributed by atoms with Gasteiger partial charge in [-0.3, -0.25) is 9.58 Å². The molecule has 1 heterocycles. The molecule has 2 N–H and O–H groups in total. The fraction of sp³-hybridized carbons (Fsp3) is 0.438. The zero-order chi connectivity index (χ0) is 15.2. The zero-order valence-corrected chi connectivity index (χ0v) is 12.6. The minimum absolute atomic E-state index is 0.177. The van der Waals surface area contributed by atoms with Crippen molar-refractivity contribution in [2.24, 2.45) is 0 Å². The van der Waals surface area contributed by atoms with Crippen LogP contribution in [0.25, 0.3) is 0 Å². The molecule has 2 rings (SSSR count). The number of aromatic hydroxyl groups is 1. The smallest absolute Gasteiger partial charge is 0.115 e. The summed E-state index contributed by atoms with van der Waals surface area (Å²) in [6, 6.07) is 8.78. The number of hydrogen-bond acceptors (Lipinski definition) is 4. The Morgan fingerprint density at radius 2 is 2.10 bits per heavy atom. The van der Waals surface area contributed by atoms with E-state index in [1.165, 1.54) is 0 Å². The number of rotatable bonds is 7. The van der Waals surface area contributed by atoms with E-state index in [2.05, 4.69) is 23.8 Å². The van der Waals surface area contributed by atoms with Gasteiger partial charge in [-0.15, -0.1) is 0 Å². The Hall–Kier alpha value is -1.85. The van der Waals surface area contributed by atoms with E-state index in [4.69, 9.17) is 0 Å².